The fourth-order valence-corrected chi connectivity index (χ4v) is 1.95. The molecule has 6 unspecified atom stereocenters. The van der Waals surface area contributed by atoms with Gasteiger partial charge in [-0.25, -0.2) is 0 Å². The average Bonchev–Trinajstić information content (AvgIpc) is 2.69. The summed E-state index contributed by atoms with van der Waals surface area (Å²) in [7, 11) is 0. The van der Waals surface area contributed by atoms with Crippen molar-refractivity contribution >= 4 is 15.9 Å². The first kappa shape index (κ1) is 17.3. The number of ether oxygens (including phenoxy) is 3. The van der Waals surface area contributed by atoms with Gasteiger partial charge >= 0.3 is 0 Å². The molecule has 0 aromatic rings. The lowest BCUT2D eigenvalue weighted by atomic mass is 9.97. The van der Waals surface area contributed by atoms with Crippen molar-refractivity contribution in [2.24, 2.45) is 5.92 Å². The number of rotatable bonds is 7. The Bertz CT molecular complexity index is 280. The highest BCUT2D eigenvalue weighted by Crippen LogP contribution is 2.32. The molecule has 1 fully saturated rings. The first-order valence-corrected chi connectivity index (χ1v) is 7.17. The smallest absolute Gasteiger partial charge is 0.282 e. The Morgan fingerprint density at radius 2 is 2.00 bits per heavy atom. The van der Waals surface area contributed by atoms with Crippen LogP contribution in [0.4, 0.5) is 0 Å². The van der Waals surface area contributed by atoms with Gasteiger partial charge in [0, 0.05) is 24.8 Å². The molecule has 0 aliphatic carbocycles. The zero-order valence-electron chi connectivity index (χ0n) is 10.9. The number of halogens is 1. The molecule has 1 heterocycles. The number of aliphatic hydroxyl groups is 4. The van der Waals surface area contributed by atoms with Gasteiger partial charge in [-0.15, -0.1) is 0 Å². The van der Waals surface area contributed by atoms with E-state index in [0.717, 1.165) is 0 Å². The largest absolute Gasteiger partial charge is 0.396 e. The Labute approximate surface area is 120 Å². The van der Waals surface area contributed by atoms with Crippen LogP contribution in [0.5, 0.6) is 0 Å². The summed E-state index contributed by atoms with van der Waals surface area (Å²) in [5.74, 6) is -2.03. The molecule has 0 aromatic heterocycles. The summed E-state index contributed by atoms with van der Waals surface area (Å²) in [5.41, 5.74) is 0. The van der Waals surface area contributed by atoms with Crippen LogP contribution in [0.2, 0.25) is 0 Å². The molecule has 0 radical (unpaired) electrons. The highest BCUT2D eigenvalue weighted by molar-refractivity contribution is 9.09. The summed E-state index contributed by atoms with van der Waals surface area (Å²) in [6, 6.07) is 0. The van der Waals surface area contributed by atoms with Crippen LogP contribution in [-0.2, 0) is 14.2 Å². The third kappa shape index (κ3) is 4.33. The molecule has 19 heavy (non-hydrogen) atoms. The summed E-state index contributed by atoms with van der Waals surface area (Å²) in [6.07, 6.45) is -5.21. The molecule has 0 spiro atoms. The van der Waals surface area contributed by atoms with Crippen molar-refractivity contribution in [3.63, 3.8) is 0 Å². The topological polar surface area (TPSA) is 109 Å². The zero-order valence-corrected chi connectivity index (χ0v) is 12.5. The second-order valence-electron chi connectivity index (χ2n) is 4.63. The van der Waals surface area contributed by atoms with Crippen molar-refractivity contribution in [2.75, 3.05) is 18.5 Å². The van der Waals surface area contributed by atoms with Gasteiger partial charge < -0.3 is 29.9 Å². The molecule has 0 aromatic carbocycles. The van der Waals surface area contributed by atoms with Gasteiger partial charge in [-0.2, -0.15) is 0 Å². The van der Waals surface area contributed by atoms with E-state index in [2.05, 4.69) is 15.9 Å². The Morgan fingerprint density at radius 1 is 1.37 bits per heavy atom. The van der Waals surface area contributed by atoms with Gasteiger partial charge in [0.25, 0.3) is 5.97 Å². The summed E-state index contributed by atoms with van der Waals surface area (Å²) in [6.45, 7) is 3.03. The summed E-state index contributed by atoms with van der Waals surface area (Å²) < 4.78 is 15.7. The summed E-state index contributed by atoms with van der Waals surface area (Å²) in [4.78, 5) is 0. The van der Waals surface area contributed by atoms with E-state index in [9.17, 15) is 15.3 Å². The first-order chi connectivity index (χ1) is 8.84. The van der Waals surface area contributed by atoms with Gasteiger partial charge in [-0.05, 0) is 0 Å². The molecule has 1 aliphatic heterocycles. The van der Waals surface area contributed by atoms with E-state index in [1.165, 1.54) is 6.92 Å². The molecule has 1 aliphatic rings. The molecule has 0 saturated carbocycles. The van der Waals surface area contributed by atoms with Crippen LogP contribution in [0.1, 0.15) is 13.8 Å². The van der Waals surface area contributed by atoms with Crippen LogP contribution in [0.15, 0.2) is 0 Å². The van der Waals surface area contributed by atoms with Gasteiger partial charge in [0.2, 0.25) is 0 Å². The first-order valence-electron chi connectivity index (χ1n) is 6.05. The molecule has 4 N–H and O–H groups in total. The van der Waals surface area contributed by atoms with Crippen molar-refractivity contribution in [1.29, 1.82) is 0 Å². The lowest BCUT2D eigenvalue weighted by Gasteiger charge is -2.28. The SMILES string of the molecule is CC(CO)C(O)C(O)C1OC(C)(OCCBr)OC1O. The van der Waals surface area contributed by atoms with Crippen LogP contribution >= 0.6 is 15.9 Å². The van der Waals surface area contributed by atoms with E-state index in [-0.39, 0.29) is 6.61 Å². The van der Waals surface area contributed by atoms with E-state index in [1.54, 1.807) is 6.92 Å². The third-order valence-electron chi connectivity index (χ3n) is 2.96. The molecule has 1 saturated heterocycles. The van der Waals surface area contributed by atoms with Crippen LogP contribution in [-0.4, -0.2) is 69.5 Å². The van der Waals surface area contributed by atoms with Crippen LogP contribution < -0.4 is 0 Å². The minimum Gasteiger partial charge on any atom is -0.396 e. The number of aliphatic hydroxyl groups excluding tert-OH is 4. The van der Waals surface area contributed by atoms with Gasteiger partial charge in [-0.1, -0.05) is 22.9 Å². The number of hydrogen-bond donors (Lipinski definition) is 4. The molecule has 0 amide bonds. The number of hydrogen-bond acceptors (Lipinski definition) is 7. The van der Waals surface area contributed by atoms with E-state index in [4.69, 9.17) is 19.3 Å². The maximum Gasteiger partial charge on any atom is 0.282 e. The van der Waals surface area contributed by atoms with Crippen LogP contribution in [0.3, 0.4) is 0 Å². The maximum atomic E-state index is 9.96. The van der Waals surface area contributed by atoms with Gasteiger partial charge in [0.05, 0.1) is 12.7 Å². The maximum absolute atomic E-state index is 9.96. The van der Waals surface area contributed by atoms with Crippen molar-refractivity contribution in [2.45, 2.75) is 44.4 Å². The summed E-state index contributed by atoms with van der Waals surface area (Å²) >= 11 is 3.18. The lowest BCUT2D eigenvalue weighted by Crippen LogP contribution is -2.46. The Kier molecular flexibility index (Phi) is 6.61. The quantitative estimate of drug-likeness (QED) is 0.446. The van der Waals surface area contributed by atoms with Crippen molar-refractivity contribution in [3.05, 3.63) is 0 Å². The Morgan fingerprint density at radius 3 is 2.53 bits per heavy atom. The van der Waals surface area contributed by atoms with Crippen LogP contribution in [0.25, 0.3) is 0 Å². The van der Waals surface area contributed by atoms with E-state index >= 15 is 0 Å². The fourth-order valence-electron chi connectivity index (χ4n) is 1.79. The van der Waals surface area contributed by atoms with Crippen molar-refractivity contribution in [3.8, 4) is 0 Å². The monoisotopic (exact) mass is 344 g/mol. The standard InChI is InChI=1S/C11H21BrO7/c1-6(5-13)7(14)8(15)9-10(16)19-11(2,18-9)17-4-3-12/h6-10,13-16H,3-5H2,1-2H3. The third-order valence-corrected chi connectivity index (χ3v) is 3.29. The van der Waals surface area contributed by atoms with Gasteiger partial charge in [0.1, 0.15) is 12.2 Å². The minimum absolute atomic E-state index is 0.292. The summed E-state index contributed by atoms with van der Waals surface area (Å²) in [5, 5.41) is 39.0. The molecule has 7 nitrogen and oxygen atoms in total. The fraction of sp³-hybridized carbons (Fsp3) is 1.00. The average molecular weight is 345 g/mol. The van der Waals surface area contributed by atoms with Crippen molar-refractivity contribution in [1.82, 2.24) is 0 Å². The molecule has 114 valence electrons. The molecular formula is C11H21BrO7. The van der Waals surface area contributed by atoms with Gasteiger partial charge in [0.15, 0.2) is 6.29 Å². The highest BCUT2D eigenvalue weighted by Gasteiger charge is 2.50. The van der Waals surface area contributed by atoms with Crippen molar-refractivity contribution < 1.29 is 34.6 Å². The van der Waals surface area contributed by atoms with Gasteiger partial charge in [-0.3, -0.25) is 4.74 Å². The second-order valence-corrected chi connectivity index (χ2v) is 5.42. The van der Waals surface area contributed by atoms with E-state index in [1.807, 2.05) is 0 Å². The molecule has 6 atom stereocenters. The predicted octanol–water partition coefficient (Wildman–Crippen LogP) is -0.844. The predicted molar refractivity (Wildman–Crippen MR) is 68.4 cm³/mol. The zero-order chi connectivity index (χ0) is 14.6. The minimum atomic E-state index is -1.47. The number of alkyl halides is 1. The van der Waals surface area contributed by atoms with Crippen LogP contribution in [0, 0.1) is 5.92 Å². The highest BCUT2D eigenvalue weighted by atomic mass is 79.9. The van der Waals surface area contributed by atoms with E-state index in [0.29, 0.717) is 11.9 Å². The molecular weight excluding hydrogens is 324 g/mol. The molecule has 8 heteroatoms. The van der Waals surface area contributed by atoms with E-state index < -0.39 is 36.5 Å². The molecule has 0 bridgehead atoms. The second kappa shape index (κ2) is 7.28. The molecule has 1 rings (SSSR count). The normalized spacial score (nSPS) is 36.2. The Balaban J connectivity index is 2.64. The Hall–Kier alpha value is 0.200. The lowest BCUT2D eigenvalue weighted by molar-refractivity contribution is -0.339.